The number of nitrogens with one attached hydrogen (secondary N) is 1. The molecule has 1 aromatic heterocycles. The minimum Gasteiger partial charge on any atom is -0.493 e. The van der Waals surface area contributed by atoms with Crippen LogP contribution in [-0.4, -0.2) is 25.1 Å². The maximum absolute atomic E-state index is 13.1. The van der Waals surface area contributed by atoms with E-state index < -0.39 is 0 Å². The van der Waals surface area contributed by atoms with Gasteiger partial charge in [0.05, 0.1) is 14.2 Å². The minimum atomic E-state index is -0.191. The van der Waals surface area contributed by atoms with Gasteiger partial charge in [-0.3, -0.25) is 4.79 Å². The summed E-state index contributed by atoms with van der Waals surface area (Å²) in [6, 6.07) is 18.8. The van der Waals surface area contributed by atoms with Crippen LogP contribution in [0.1, 0.15) is 21.5 Å². The van der Waals surface area contributed by atoms with Crippen molar-refractivity contribution in [2.75, 3.05) is 19.5 Å². The molecule has 31 heavy (non-hydrogen) atoms. The van der Waals surface area contributed by atoms with E-state index in [0.717, 1.165) is 22.2 Å². The van der Waals surface area contributed by atoms with Crippen LogP contribution in [0.5, 0.6) is 11.5 Å². The largest absolute Gasteiger partial charge is 0.493 e. The lowest BCUT2D eigenvalue weighted by molar-refractivity contribution is 0.102. The number of methoxy groups -OCH3 is 2. The Morgan fingerprint density at radius 2 is 1.74 bits per heavy atom. The lowest BCUT2D eigenvalue weighted by Crippen LogP contribution is -2.15. The quantitative estimate of drug-likeness (QED) is 0.376. The van der Waals surface area contributed by atoms with Gasteiger partial charge in [-0.1, -0.05) is 42.1 Å². The highest BCUT2D eigenvalue weighted by Gasteiger charge is 2.16. The number of para-hydroxylation sites is 2. The summed E-state index contributed by atoms with van der Waals surface area (Å²) in [4.78, 5) is 17.5. The Morgan fingerprint density at radius 1 is 1.03 bits per heavy atom. The fourth-order valence-electron chi connectivity index (χ4n) is 3.22. The van der Waals surface area contributed by atoms with Crippen molar-refractivity contribution in [1.29, 1.82) is 0 Å². The van der Waals surface area contributed by atoms with Gasteiger partial charge >= 0.3 is 0 Å². The molecule has 0 aliphatic rings. The van der Waals surface area contributed by atoms with E-state index in [1.165, 1.54) is 11.8 Å². The van der Waals surface area contributed by atoms with Crippen LogP contribution in [0.2, 0.25) is 0 Å². The van der Waals surface area contributed by atoms with Gasteiger partial charge in [0.25, 0.3) is 11.1 Å². The monoisotopic (exact) mass is 434 g/mol. The molecule has 0 fully saturated rings. The van der Waals surface area contributed by atoms with Gasteiger partial charge in [0.15, 0.2) is 17.1 Å². The van der Waals surface area contributed by atoms with E-state index in [-0.39, 0.29) is 5.91 Å². The molecule has 6 nitrogen and oxygen atoms in total. The standard InChI is InChI=1S/C24H22N2O4S/c1-15-12-21(28-2)22(29-3)13-19(15)25-23(27)17-9-5-4-8-16(17)14-31-24-26-18-10-6-7-11-20(18)30-24/h4-13H,14H2,1-3H3,(H,25,27). The van der Waals surface area contributed by atoms with E-state index >= 15 is 0 Å². The number of aryl methyl sites for hydroxylation is 1. The molecule has 0 saturated heterocycles. The third-order valence-corrected chi connectivity index (χ3v) is 5.74. The van der Waals surface area contributed by atoms with E-state index in [4.69, 9.17) is 13.9 Å². The van der Waals surface area contributed by atoms with Crippen molar-refractivity contribution in [2.45, 2.75) is 17.9 Å². The molecule has 0 radical (unpaired) electrons. The number of hydrogen-bond donors (Lipinski definition) is 1. The molecule has 0 spiro atoms. The Balaban J connectivity index is 1.53. The van der Waals surface area contributed by atoms with Crippen LogP contribution < -0.4 is 14.8 Å². The molecular weight excluding hydrogens is 412 g/mol. The third kappa shape index (κ3) is 4.51. The third-order valence-electron chi connectivity index (χ3n) is 4.87. The number of carbonyl (C=O) groups excluding carboxylic acids is 1. The van der Waals surface area contributed by atoms with Gasteiger partial charge in [-0.2, -0.15) is 0 Å². The van der Waals surface area contributed by atoms with Gasteiger partial charge < -0.3 is 19.2 Å². The fraction of sp³-hybridized carbons (Fsp3) is 0.167. The molecule has 1 heterocycles. The Hall–Kier alpha value is -3.45. The normalized spacial score (nSPS) is 10.8. The van der Waals surface area contributed by atoms with E-state index in [0.29, 0.717) is 33.7 Å². The number of fused-ring (bicyclic) bond motifs is 1. The number of nitrogens with zero attached hydrogens (tertiary/aromatic N) is 1. The van der Waals surface area contributed by atoms with Crippen LogP contribution in [0.3, 0.4) is 0 Å². The molecule has 158 valence electrons. The highest BCUT2D eigenvalue weighted by Crippen LogP contribution is 2.33. The molecule has 0 aliphatic heterocycles. The van der Waals surface area contributed by atoms with Crippen LogP contribution in [-0.2, 0) is 5.75 Å². The summed E-state index contributed by atoms with van der Waals surface area (Å²) in [5, 5.41) is 3.57. The van der Waals surface area contributed by atoms with Gasteiger partial charge in [-0.15, -0.1) is 0 Å². The number of oxazole rings is 1. The van der Waals surface area contributed by atoms with Gasteiger partial charge in [0.2, 0.25) is 0 Å². The maximum Gasteiger partial charge on any atom is 0.257 e. The predicted octanol–water partition coefficient (Wildman–Crippen LogP) is 5.70. The van der Waals surface area contributed by atoms with Crippen LogP contribution in [0.15, 0.2) is 70.3 Å². The molecule has 0 aliphatic carbocycles. The zero-order chi connectivity index (χ0) is 21.8. The zero-order valence-electron chi connectivity index (χ0n) is 17.5. The van der Waals surface area contributed by atoms with Crippen molar-refractivity contribution in [3.63, 3.8) is 0 Å². The van der Waals surface area contributed by atoms with E-state index in [2.05, 4.69) is 10.3 Å². The Morgan fingerprint density at radius 3 is 2.52 bits per heavy atom. The number of rotatable bonds is 7. The van der Waals surface area contributed by atoms with Crippen LogP contribution in [0.4, 0.5) is 5.69 Å². The summed E-state index contributed by atoms with van der Waals surface area (Å²) in [5.41, 5.74) is 4.61. The smallest absolute Gasteiger partial charge is 0.257 e. The van der Waals surface area contributed by atoms with E-state index in [1.54, 1.807) is 20.3 Å². The molecular formula is C24H22N2O4S. The number of hydrogen-bond acceptors (Lipinski definition) is 6. The number of aromatic nitrogens is 1. The highest BCUT2D eigenvalue weighted by atomic mass is 32.2. The molecule has 0 unspecified atom stereocenters. The lowest BCUT2D eigenvalue weighted by atomic mass is 10.1. The molecule has 0 bridgehead atoms. The molecule has 0 atom stereocenters. The summed E-state index contributed by atoms with van der Waals surface area (Å²) in [5.74, 6) is 1.54. The summed E-state index contributed by atoms with van der Waals surface area (Å²) in [6.45, 7) is 1.91. The SMILES string of the molecule is COc1cc(C)c(NC(=O)c2ccccc2CSc2nc3ccccc3o2)cc1OC. The van der Waals surface area contributed by atoms with Crippen LogP contribution >= 0.6 is 11.8 Å². The molecule has 4 aromatic rings. The summed E-state index contributed by atoms with van der Waals surface area (Å²) >= 11 is 1.46. The summed E-state index contributed by atoms with van der Waals surface area (Å²) in [7, 11) is 3.15. The van der Waals surface area contributed by atoms with Gasteiger partial charge in [-0.25, -0.2) is 4.98 Å². The van der Waals surface area contributed by atoms with Crippen molar-refractivity contribution in [3.8, 4) is 11.5 Å². The minimum absolute atomic E-state index is 0.191. The van der Waals surface area contributed by atoms with E-state index in [1.807, 2.05) is 61.5 Å². The van der Waals surface area contributed by atoms with E-state index in [9.17, 15) is 4.79 Å². The average Bonchev–Trinajstić information content (AvgIpc) is 3.22. The number of thioether (sulfide) groups is 1. The Bertz CT molecular complexity index is 1200. The number of anilines is 1. The Labute approximate surface area is 184 Å². The van der Waals surface area contributed by atoms with Crippen molar-refractivity contribution < 1.29 is 18.7 Å². The molecule has 1 amide bonds. The summed E-state index contributed by atoms with van der Waals surface area (Å²) in [6.07, 6.45) is 0. The number of amides is 1. The van der Waals surface area contributed by atoms with Crippen molar-refractivity contribution in [1.82, 2.24) is 4.98 Å². The second-order valence-corrected chi connectivity index (χ2v) is 7.80. The average molecular weight is 435 g/mol. The van der Waals surface area contributed by atoms with Crippen LogP contribution in [0, 0.1) is 6.92 Å². The second-order valence-electron chi connectivity index (χ2n) is 6.87. The lowest BCUT2D eigenvalue weighted by Gasteiger charge is -2.14. The molecule has 3 aromatic carbocycles. The highest BCUT2D eigenvalue weighted by molar-refractivity contribution is 7.98. The maximum atomic E-state index is 13.1. The van der Waals surface area contributed by atoms with Gasteiger partial charge in [-0.05, 0) is 42.3 Å². The second kappa shape index (κ2) is 9.14. The first-order valence-corrected chi connectivity index (χ1v) is 10.7. The number of ether oxygens (including phenoxy) is 2. The first-order valence-electron chi connectivity index (χ1n) is 9.69. The first kappa shape index (κ1) is 20.8. The van der Waals surface area contributed by atoms with Gasteiger partial charge in [0, 0.05) is 23.1 Å². The Kier molecular flexibility index (Phi) is 6.13. The topological polar surface area (TPSA) is 73.6 Å². The van der Waals surface area contributed by atoms with Crippen molar-refractivity contribution in [2.24, 2.45) is 0 Å². The summed E-state index contributed by atoms with van der Waals surface area (Å²) < 4.78 is 16.5. The zero-order valence-corrected chi connectivity index (χ0v) is 18.3. The van der Waals surface area contributed by atoms with Crippen molar-refractivity contribution in [3.05, 3.63) is 77.4 Å². The van der Waals surface area contributed by atoms with Crippen molar-refractivity contribution >= 4 is 34.5 Å². The predicted molar refractivity (Wildman–Crippen MR) is 122 cm³/mol. The molecule has 1 N–H and O–H groups in total. The number of benzene rings is 3. The van der Waals surface area contributed by atoms with Crippen LogP contribution in [0.25, 0.3) is 11.1 Å². The molecule has 0 saturated carbocycles. The van der Waals surface area contributed by atoms with Gasteiger partial charge in [0.1, 0.15) is 5.52 Å². The number of carbonyl (C=O) groups is 1. The molecule has 7 heteroatoms. The fourth-order valence-corrected chi connectivity index (χ4v) is 4.07. The first-order chi connectivity index (χ1) is 15.1. The molecule has 4 rings (SSSR count).